The Labute approximate surface area is 113 Å². The van der Waals surface area contributed by atoms with Crippen LogP contribution in [-0.2, 0) is 11.2 Å². The molecular weight excluding hydrogens is 267 g/mol. The van der Waals surface area contributed by atoms with Crippen molar-refractivity contribution in [3.8, 4) is 0 Å². The number of hydrogen-bond donors (Lipinski definition) is 2. The number of carboxylic acids is 1. The number of carbonyl (C=O) groups is 1. The van der Waals surface area contributed by atoms with E-state index >= 15 is 0 Å². The van der Waals surface area contributed by atoms with E-state index in [0.29, 0.717) is 11.6 Å². The number of rotatable bonds is 5. The van der Waals surface area contributed by atoms with Gasteiger partial charge in [-0.3, -0.25) is 4.79 Å². The van der Waals surface area contributed by atoms with Gasteiger partial charge in [0.25, 0.3) is 0 Å². The number of anilines is 2. The van der Waals surface area contributed by atoms with Crippen LogP contribution in [0.2, 0.25) is 0 Å². The van der Waals surface area contributed by atoms with Crippen LogP contribution in [0, 0.1) is 12.7 Å². The molecule has 19 heavy (non-hydrogen) atoms. The van der Waals surface area contributed by atoms with Crippen LogP contribution in [0.15, 0.2) is 24.3 Å². The monoisotopic (exact) mass is 280 g/mol. The maximum Gasteiger partial charge on any atom is 0.303 e. The molecule has 0 bridgehead atoms. The van der Waals surface area contributed by atoms with E-state index in [0.717, 1.165) is 16.3 Å². The molecule has 1 heterocycles. The molecular formula is C13H13FN2O2S. The number of aliphatic carboxylic acids is 1. The fourth-order valence-electron chi connectivity index (χ4n) is 1.59. The third kappa shape index (κ3) is 3.75. The van der Waals surface area contributed by atoms with Crippen molar-refractivity contribution in [3.63, 3.8) is 0 Å². The lowest BCUT2D eigenvalue weighted by molar-refractivity contribution is -0.136. The van der Waals surface area contributed by atoms with Crippen molar-refractivity contribution in [2.24, 2.45) is 0 Å². The number of nitrogens with zero attached hydrogens (tertiary/aromatic N) is 1. The summed E-state index contributed by atoms with van der Waals surface area (Å²) < 4.78 is 12.8. The largest absolute Gasteiger partial charge is 0.481 e. The number of aryl methyl sites for hydroxylation is 2. The fourth-order valence-corrected chi connectivity index (χ4v) is 2.57. The summed E-state index contributed by atoms with van der Waals surface area (Å²) in [5, 5.41) is 12.4. The zero-order chi connectivity index (χ0) is 13.8. The zero-order valence-corrected chi connectivity index (χ0v) is 11.1. The second-order valence-electron chi connectivity index (χ2n) is 4.05. The van der Waals surface area contributed by atoms with Crippen LogP contribution in [-0.4, -0.2) is 16.1 Å². The summed E-state index contributed by atoms with van der Waals surface area (Å²) in [7, 11) is 0. The van der Waals surface area contributed by atoms with Crippen LogP contribution in [0.3, 0.4) is 0 Å². The number of nitrogens with one attached hydrogen (secondary N) is 1. The molecule has 2 rings (SSSR count). The highest BCUT2D eigenvalue weighted by Gasteiger charge is 2.09. The fraction of sp³-hybridized carbons (Fsp3) is 0.231. The Bertz CT molecular complexity index is 581. The second-order valence-corrected chi connectivity index (χ2v) is 5.14. The number of hydrogen-bond acceptors (Lipinski definition) is 4. The molecule has 2 N–H and O–H groups in total. The molecule has 0 amide bonds. The normalized spacial score (nSPS) is 10.4. The first-order valence-electron chi connectivity index (χ1n) is 5.75. The van der Waals surface area contributed by atoms with Gasteiger partial charge in [0.05, 0.1) is 12.1 Å². The summed E-state index contributed by atoms with van der Waals surface area (Å²) in [6.45, 7) is 1.85. The molecule has 1 aromatic heterocycles. The van der Waals surface area contributed by atoms with Crippen LogP contribution in [0.25, 0.3) is 0 Å². The first-order valence-corrected chi connectivity index (χ1v) is 6.57. The molecule has 0 aliphatic heterocycles. The van der Waals surface area contributed by atoms with Gasteiger partial charge < -0.3 is 10.4 Å². The number of aromatic nitrogens is 1. The Balaban J connectivity index is 2.07. The Morgan fingerprint density at radius 2 is 2.11 bits per heavy atom. The number of benzene rings is 1. The van der Waals surface area contributed by atoms with Crippen LogP contribution in [0.1, 0.15) is 17.0 Å². The predicted octanol–water partition coefficient (Wildman–Crippen LogP) is 3.35. The Morgan fingerprint density at radius 1 is 1.42 bits per heavy atom. The van der Waals surface area contributed by atoms with E-state index in [2.05, 4.69) is 10.3 Å². The summed E-state index contributed by atoms with van der Waals surface area (Å²) in [6, 6.07) is 5.99. The van der Waals surface area contributed by atoms with Gasteiger partial charge in [0, 0.05) is 10.6 Å². The highest BCUT2D eigenvalue weighted by atomic mass is 32.1. The average Bonchev–Trinajstić information content (AvgIpc) is 2.70. The third-order valence-corrected chi connectivity index (χ3v) is 3.69. The highest BCUT2D eigenvalue weighted by molar-refractivity contribution is 7.15. The van der Waals surface area contributed by atoms with Crippen molar-refractivity contribution in [1.82, 2.24) is 4.98 Å². The summed E-state index contributed by atoms with van der Waals surface area (Å²) in [6.07, 6.45) is 0.572. The third-order valence-electron chi connectivity index (χ3n) is 2.55. The Kier molecular flexibility index (Phi) is 4.11. The van der Waals surface area contributed by atoms with Gasteiger partial charge in [-0.2, -0.15) is 0 Å². The maximum atomic E-state index is 12.8. The number of carboxylic acid groups (broad SMARTS) is 1. The lowest BCUT2D eigenvalue weighted by atomic mass is 10.2. The first-order chi connectivity index (χ1) is 9.04. The minimum Gasteiger partial charge on any atom is -0.481 e. The van der Waals surface area contributed by atoms with Gasteiger partial charge >= 0.3 is 5.97 Å². The highest BCUT2D eigenvalue weighted by Crippen LogP contribution is 2.26. The molecule has 0 saturated heterocycles. The van der Waals surface area contributed by atoms with Crippen molar-refractivity contribution in [2.75, 3.05) is 5.32 Å². The van der Waals surface area contributed by atoms with Crippen LogP contribution in [0.5, 0.6) is 0 Å². The Morgan fingerprint density at radius 3 is 2.74 bits per heavy atom. The van der Waals surface area contributed by atoms with Crippen molar-refractivity contribution in [3.05, 3.63) is 40.7 Å². The van der Waals surface area contributed by atoms with Gasteiger partial charge in [0.15, 0.2) is 5.13 Å². The van der Waals surface area contributed by atoms with Crippen molar-refractivity contribution in [2.45, 2.75) is 19.8 Å². The molecule has 0 spiro atoms. The molecule has 0 aliphatic carbocycles. The van der Waals surface area contributed by atoms with E-state index in [-0.39, 0.29) is 12.2 Å². The summed E-state index contributed by atoms with van der Waals surface area (Å²) in [5.74, 6) is -1.11. The zero-order valence-electron chi connectivity index (χ0n) is 10.3. The Hall–Kier alpha value is -1.95. The van der Waals surface area contributed by atoms with E-state index in [1.807, 2.05) is 6.92 Å². The van der Waals surface area contributed by atoms with Gasteiger partial charge in [-0.1, -0.05) is 0 Å². The van der Waals surface area contributed by atoms with Gasteiger partial charge in [0.2, 0.25) is 0 Å². The lowest BCUT2D eigenvalue weighted by Gasteiger charge is -2.01. The SMILES string of the molecule is Cc1nc(Nc2ccc(F)cc2)sc1CCC(=O)O. The molecule has 4 nitrogen and oxygen atoms in total. The van der Waals surface area contributed by atoms with Gasteiger partial charge in [-0.05, 0) is 37.6 Å². The van der Waals surface area contributed by atoms with Crippen molar-refractivity contribution in [1.29, 1.82) is 0 Å². The van der Waals surface area contributed by atoms with Gasteiger partial charge in [-0.15, -0.1) is 11.3 Å². The maximum absolute atomic E-state index is 12.8. The average molecular weight is 280 g/mol. The minimum atomic E-state index is -0.819. The van der Waals surface area contributed by atoms with E-state index in [4.69, 9.17) is 5.11 Å². The van der Waals surface area contributed by atoms with Crippen LogP contribution >= 0.6 is 11.3 Å². The molecule has 0 aliphatic rings. The number of halogens is 1. The molecule has 0 radical (unpaired) electrons. The molecule has 1 aromatic carbocycles. The molecule has 100 valence electrons. The van der Waals surface area contributed by atoms with Crippen molar-refractivity contribution < 1.29 is 14.3 Å². The summed E-state index contributed by atoms with van der Waals surface area (Å²) >= 11 is 1.42. The first kappa shape index (κ1) is 13.5. The molecule has 2 aromatic rings. The lowest BCUT2D eigenvalue weighted by Crippen LogP contribution is -1.96. The minimum absolute atomic E-state index is 0.0963. The topological polar surface area (TPSA) is 62.2 Å². The molecule has 0 saturated carbocycles. The van der Waals surface area contributed by atoms with E-state index in [1.165, 1.54) is 23.5 Å². The smallest absolute Gasteiger partial charge is 0.303 e. The van der Waals surface area contributed by atoms with Crippen molar-refractivity contribution >= 4 is 28.1 Å². The quantitative estimate of drug-likeness (QED) is 0.881. The molecule has 0 fully saturated rings. The van der Waals surface area contributed by atoms with E-state index in [1.54, 1.807) is 12.1 Å². The number of thiazole rings is 1. The van der Waals surface area contributed by atoms with Crippen LogP contribution < -0.4 is 5.32 Å². The van der Waals surface area contributed by atoms with Crippen LogP contribution in [0.4, 0.5) is 15.2 Å². The molecule has 0 unspecified atom stereocenters. The van der Waals surface area contributed by atoms with Gasteiger partial charge in [0.1, 0.15) is 5.82 Å². The van der Waals surface area contributed by atoms with Gasteiger partial charge in [-0.25, -0.2) is 9.37 Å². The van der Waals surface area contributed by atoms with E-state index < -0.39 is 5.97 Å². The summed E-state index contributed by atoms with van der Waals surface area (Å²) in [4.78, 5) is 15.8. The standard InChI is InChI=1S/C13H13FN2O2S/c1-8-11(6-7-12(17)18)19-13(15-8)16-10-4-2-9(14)3-5-10/h2-5H,6-7H2,1H3,(H,15,16)(H,17,18). The molecule has 6 heteroatoms. The molecule has 0 atom stereocenters. The summed E-state index contributed by atoms with van der Waals surface area (Å²) in [5.41, 5.74) is 1.58. The van der Waals surface area contributed by atoms with E-state index in [9.17, 15) is 9.18 Å². The second kappa shape index (κ2) is 5.79. The predicted molar refractivity (Wildman–Crippen MR) is 72.5 cm³/mol.